The van der Waals surface area contributed by atoms with Crippen LogP contribution in [0.2, 0.25) is 5.02 Å². The van der Waals surface area contributed by atoms with Crippen molar-refractivity contribution in [3.8, 4) is 0 Å². The summed E-state index contributed by atoms with van der Waals surface area (Å²) < 4.78 is 0. The van der Waals surface area contributed by atoms with Crippen molar-refractivity contribution in [2.24, 2.45) is 0 Å². The molecule has 3 N–H and O–H groups in total. The molecule has 3 amide bonds. The molecule has 0 aliphatic heterocycles. The van der Waals surface area contributed by atoms with Crippen LogP contribution in [-0.4, -0.2) is 24.3 Å². The van der Waals surface area contributed by atoms with Crippen molar-refractivity contribution in [2.75, 3.05) is 6.54 Å². The van der Waals surface area contributed by atoms with Crippen molar-refractivity contribution in [1.82, 2.24) is 16.2 Å². The van der Waals surface area contributed by atoms with Crippen molar-refractivity contribution < 1.29 is 14.4 Å². The normalized spacial score (nSPS) is 10.0. The molecule has 7 heteroatoms. The van der Waals surface area contributed by atoms with Crippen LogP contribution in [0.5, 0.6) is 0 Å². The number of benzene rings is 2. The summed E-state index contributed by atoms with van der Waals surface area (Å²) in [7, 11) is 0. The Labute approximate surface area is 150 Å². The number of halogens is 1. The largest absolute Gasteiger partial charge is 0.351 e. The Balaban J connectivity index is 1.72. The molecule has 2 aromatic rings. The Kier molecular flexibility index (Phi) is 6.54. The van der Waals surface area contributed by atoms with Crippen molar-refractivity contribution in [3.63, 3.8) is 0 Å². The topological polar surface area (TPSA) is 87.3 Å². The van der Waals surface area contributed by atoms with Crippen LogP contribution < -0.4 is 16.2 Å². The predicted octanol–water partition coefficient (Wildman–Crippen LogP) is 2.23. The third-order valence-electron chi connectivity index (χ3n) is 3.39. The van der Waals surface area contributed by atoms with Crippen LogP contribution in [0.3, 0.4) is 0 Å². The van der Waals surface area contributed by atoms with Crippen molar-refractivity contribution in [2.45, 2.75) is 13.3 Å². The molecule has 0 spiro atoms. The van der Waals surface area contributed by atoms with Gasteiger partial charge in [0.2, 0.25) is 5.91 Å². The van der Waals surface area contributed by atoms with Gasteiger partial charge in [-0.25, -0.2) is 0 Å². The van der Waals surface area contributed by atoms with E-state index in [-0.39, 0.29) is 18.9 Å². The van der Waals surface area contributed by atoms with Gasteiger partial charge >= 0.3 is 0 Å². The van der Waals surface area contributed by atoms with E-state index in [1.165, 1.54) is 0 Å². The van der Waals surface area contributed by atoms with Gasteiger partial charge in [0.1, 0.15) is 0 Å². The number of aryl methyl sites for hydroxylation is 1. The van der Waals surface area contributed by atoms with E-state index in [4.69, 9.17) is 11.6 Å². The fourth-order valence-corrected chi connectivity index (χ4v) is 2.22. The molecule has 0 bridgehead atoms. The smallest absolute Gasteiger partial charge is 0.269 e. The molecule has 0 heterocycles. The fraction of sp³-hybridized carbons (Fsp3) is 0.167. The summed E-state index contributed by atoms with van der Waals surface area (Å²) in [4.78, 5) is 35.5. The van der Waals surface area contributed by atoms with Crippen LogP contribution in [-0.2, 0) is 4.79 Å². The van der Waals surface area contributed by atoms with E-state index >= 15 is 0 Å². The summed E-state index contributed by atoms with van der Waals surface area (Å²) in [5.41, 5.74) is 6.45. The third-order valence-corrected chi connectivity index (χ3v) is 3.71. The van der Waals surface area contributed by atoms with Crippen LogP contribution in [0, 0.1) is 6.92 Å². The zero-order chi connectivity index (χ0) is 18.2. The number of rotatable bonds is 5. The molecule has 0 atom stereocenters. The highest BCUT2D eigenvalue weighted by molar-refractivity contribution is 6.33. The van der Waals surface area contributed by atoms with Crippen LogP contribution in [0.4, 0.5) is 0 Å². The number of hydrazine groups is 1. The van der Waals surface area contributed by atoms with Crippen LogP contribution in [0.1, 0.15) is 32.7 Å². The summed E-state index contributed by atoms with van der Waals surface area (Å²) in [5.74, 6) is -1.18. The Morgan fingerprint density at radius 1 is 0.920 bits per heavy atom. The Hall–Kier alpha value is -2.86. The molecule has 0 saturated heterocycles. The minimum atomic E-state index is -0.417. The number of hydrogen-bond acceptors (Lipinski definition) is 3. The van der Waals surface area contributed by atoms with Gasteiger partial charge in [0.05, 0.1) is 10.6 Å². The monoisotopic (exact) mass is 359 g/mol. The molecule has 6 nitrogen and oxygen atoms in total. The van der Waals surface area contributed by atoms with E-state index in [1.807, 2.05) is 6.92 Å². The summed E-state index contributed by atoms with van der Waals surface area (Å²) >= 11 is 5.93. The number of carbonyl (C=O) groups is 3. The van der Waals surface area contributed by atoms with Crippen LogP contribution in [0.25, 0.3) is 0 Å². The van der Waals surface area contributed by atoms with Crippen LogP contribution in [0.15, 0.2) is 48.5 Å². The van der Waals surface area contributed by atoms with Gasteiger partial charge in [0, 0.05) is 18.5 Å². The zero-order valence-corrected chi connectivity index (χ0v) is 14.4. The molecule has 0 unspecified atom stereocenters. The first-order valence-electron chi connectivity index (χ1n) is 7.66. The highest BCUT2D eigenvalue weighted by atomic mass is 35.5. The van der Waals surface area contributed by atoms with Crippen molar-refractivity contribution >= 4 is 29.3 Å². The number of hydrogen-bond donors (Lipinski definition) is 3. The zero-order valence-electron chi connectivity index (χ0n) is 13.6. The lowest BCUT2D eigenvalue weighted by Crippen LogP contribution is -2.42. The molecule has 2 aromatic carbocycles. The van der Waals surface area contributed by atoms with Gasteiger partial charge in [-0.2, -0.15) is 0 Å². The van der Waals surface area contributed by atoms with E-state index in [1.54, 1.807) is 48.5 Å². The average Bonchev–Trinajstić information content (AvgIpc) is 2.60. The fourth-order valence-electron chi connectivity index (χ4n) is 2.00. The summed E-state index contributed by atoms with van der Waals surface area (Å²) in [6, 6.07) is 13.6. The third kappa shape index (κ3) is 5.61. The number of nitrogens with one attached hydrogen (secondary N) is 3. The SMILES string of the molecule is Cc1ccc(C(=O)NNC(=O)CCNC(=O)c2ccccc2Cl)cc1. The Morgan fingerprint density at radius 2 is 1.60 bits per heavy atom. The summed E-state index contributed by atoms with van der Waals surface area (Å²) in [6.45, 7) is 2.04. The summed E-state index contributed by atoms with van der Waals surface area (Å²) in [5, 5.41) is 2.94. The lowest BCUT2D eigenvalue weighted by molar-refractivity contribution is -0.121. The first kappa shape index (κ1) is 18.5. The van der Waals surface area contributed by atoms with Crippen molar-refractivity contribution in [3.05, 3.63) is 70.2 Å². The molecule has 2 rings (SSSR count). The van der Waals surface area contributed by atoms with Gasteiger partial charge in [0.25, 0.3) is 11.8 Å². The average molecular weight is 360 g/mol. The lowest BCUT2D eigenvalue weighted by atomic mass is 10.1. The maximum Gasteiger partial charge on any atom is 0.269 e. The van der Waals surface area contributed by atoms with Gasteiger partial charge in [0.15, 0.2) is 0 Å². The first-order valence-corrected chi connectivity index (χ1v) is 8.04. The molecule has 0 aromatic heterocycles. The highest BCUT2D eigenvalue weighted by Crippen LogP contribution is 2.14. The van der Waals surface area contributed by atoms with Gasteiger partial charge in [-0.05, 0) is 31.2 Å². The quantitative estimate of drug-likeness (QED) is 0.715. The van der Waals surface area contributed by atoms with E-state index in [0.717, 1.165) is 5.56 Å². The predicted molar refractivity (Wildman–Crippen MR) is 95.2 cm³/mol. The van der Waals surface area contributed by atoms with Gasteiger partial charge in [-0.15, -0.1) is 0 Å². The van der Waals surface area contributed by atoms with Gasteiger partial charge < -0.3 is 5.32 Å². The number of amides is 3. The van der Waals surface area contributed by atoms with Crippen LogP contribution >= 0.6 is 11.6 Å². The Bertz CT molecular complexity index is 775. The molecule has 130 valence electrons. The second kappa shape index (κ2) is 8.84. The summed E-state index contributed by atoms with van der Waals surface area (Å²) in [6.07, 6.45) is 0.0182. The minimum Gasteiger partial charge on any atom is -0.351 e. The van der Waals surface area contributed by atoms with Gasteiger partial charge in [-0.1, -0.05) is 41.4 Å². The molecular formula is C18H18ClN3O3. The maximum atomic E-state index is 11.9. The maximum absolute atomic E-state index is 11.9. The van der Waals surface area contributed by atoms with Gasteiger partial charge in [-0.3, -0.25) is 25.2 Å². The molecule has 0 aliphatic carbocycles. The standard InChI is InChI=1S/C18H18ClN3O3/c1-12-6-8-13(9-7-12)17(24)22-21-16(23)10-11-20-18(25)14-4-2-3-5-15(14)19/h2-9H,10-11H2,1H3,(H,20,25)(H,21,23)(H,22,24). The molecule has 25 heavy (non-hydrogen) atoms. The van der Waals surface area contributed by atoms with E-state index in [0.29, 0.717) is 16.1 Å². The molecular weight excluding hydrogens is 342 g/mol. The van der Waals surface area contributed by atoms with E-state index in [9.17, 15) is 14.4 Å². The minimum absolute atomic E-state index is 0.0182. The lowest BCUT2D eigenvalue weighted by Gasteiger charge is -2.09. The number of carbonyl (C=O) groups excluding carboxylic acids is 3. The second-order valence-electron chi connectivity index (χ2n) is 5.35. The Morgan fingerprint density at radius 3 is 2.28 bits per heavy atom. The van der Waals surface area contributed by atoms with E-state index in [2.05, 4.69) is 16.2 Å². The molecule has 0 radical (unpaired) electrons. The second-order valence-corrected chi connectivity index (χ2v) is 5.76. The molecule has 0 fully saturated rings. The first-order chi connectivity index (χ1) is 12.0. The molecule has 0 saturated carbocycles. The highest BCUT2D eigenvalue weighted by Gasteiger charge is 2.10. The molecule has 0 aliphatic rings. The van der Waals surface area contributed by atoms with Crippen molar-refractivity contribution in [1.29, 1.82) is 0 Å². The van der Waals surface area contributed by atoms with E-state index < -0.39 is 11.8 Å².